The van der Waals surface area contributed by atoms with Crippen LogP contribution >= 0.6 is 0 Å². The van der Waals surface area contributed by atoms with Gasteiger partial charge in [0.2, 0.25) is 0 Å². The predicted molar refractivity (Wildman–Crippen MR) is 79.9 cm³/mol. The van der Waals surface area contributed by atoms with Crippen molar-refractivity contribution >= 4 is 11.6 Å². The molecular weight excluding hydrogens is 238 g/mol. The third-order valence-corrected chi connectivity index (χ3v) is 3.44. The van der Waals surface area contributed by atoms with Gasteiger partial charge < -0.3 is 15.5 Å². The Kier molecular flexibility index (Phi) is 5.39. The van der Waals surface area contributed by atoms with E-state index in [4.69, 9.17) is 0 Å². The van der Waals surface area contributed by atoms with Gasteiger partial charge in [-0.25, -0.2) is 9.97 Å². The quantitative estimate of drug-likeness (QED) is 0.793. The standard InChI is InChI=1S/C14H25N5/c1-12-17-13(16-8-7-15-2)11-14(18-12)19-9-5-3-4-6-10-19/h11,15H,3-10H2,1-2H3,(H,16,17,18). The van der Waals surface area contributed by atoms with Gasteiger partial charge in [0.1, 0.15) is 17.5 Å². The van der Waals surface area contributed by atoms with Crippen LogP contribution < -0.4 is 15.5 Å². The first-order valence-electron chi connectivity index (χ1n) is 7.28. The number of nitrogens with zero attached hydrogens (tertiary/aromatic N) is 3. The van der Waals surface area contributed by atoms with Crippen LogP contribution in [0.3, 0.4) is 0 Å². The van der Waals surface area contributed by atoms with Gasteiger partial charge in [0, 0.05) is 32.2 Å². The second kappa shape index (κ2) is 7.28. The van der Waals surface area contributed by atoms with Crippen molar-refractivity contribution in [2.45, 2.75) is 32.6 Å². The van der Waals surface area contributed by atoms with E-state index < -0.39 is 0 Å². The van der Waals surface area contributed by atoms with Gasteiger partial charge in [0.25, 0.3) is 0 Å². The van der Waals surface area contributed by atoms with Gasteiger partial charge in [-0.15, -0.1) is 0 Å². The van der Waals surface area contributed by atoms with Crippen LogP contribution in [0.4, 0.5) is 11.6 Å². The number of hydrogen-bond donors (Lipinski definition) is 2. The smallest absolute Gasteiger partial charge is 0.134 e. The molecule has 2 heterocycles. The highest BCUT2D eigenvalue weighted by Crippen LogP contribution is 2.19. The van der Waals surface area contributed by atoms with E-state index in [2.05, 4.69) is 31.6 Å². The number of aryl methyl sites for hydroxylation is 1. The second-order valence-corrected chi connectivity index (χ2v) is 5.09. The summed E-state index contributed by atoms with van der Waals surface area (Å²) in [5.74, 6) is 2.84. The summed E-state index contributed by atoms with van der Waals surface area (Å²) < 4.78 is 0. The minimum Gasteiger partial charge on any atom is -0.369 e. The fourth-order valence-corrected chi connectivity index (χ4v) is 2.42. The fraction of sp³-hybridized carbons (Fsp3) is 0.714. The van der Waals surface area contributed by atoms with E-state index in [0.29, 0.717) is 0 Å². The molecule has 0 saturated carbocycles. The Morgan fingerprint density at radius 3 is 2.53 bits per heavy atom. The molecule has 0 bridgehead atoms. The van der Waals surface area contributed by atoms with Crippen molar-refractivity contribution in [3.63, 3.8) is 0 Å². The van der Waals surface area contributed by atoms with E-state index in [9.17, 15) is 0 Å². The predicted octanol–water partition coefficient (Wildman–Crippen LogP) is 1.80. The van der Waals surface area contributed by atoms with Crippen LogP contribution in [-0.2, 0) is 0 Å². The summed E-state index contributed by atoms with van der Waals surface area (Å²) >= 11 is 0. The fourth-order valence-electron chi connectivity index (χ4n) is 2.42. The van der Waals surface area contributed by atoms with Crippen molar-refractivity contribution < 1.29 is 0 Å². The van der Waals surface area contributed by atoms with Gasteiger partial charge in [-0.05, 0) is 26.8 Å². The van der Waals surface area contributed by atoms with E-state index in [1.165, 1.54) is 25.7 Å². The zero-order valence-corrected chi connectivity index (χ0v) is 12.1. The summed E-state index contributed by atoms with van der Waals surface area (Å²) in [5, 5.41) is 6.46. The molecule has 0 amide bonds. The molecule has 0 spiro atoms. The molecule has 0 unspecified atom stereocenters. The lowest BCUT2D eigenvalue weighted by Crippen LogP contribution is -2.25. The second-order valence-electron chi connectivity index (χ2n) is 5.09. The summed E-state index contributed by atoms with van der Waals surface area (Å²) in [7, 11) is 1.95. The minimum absolute atomic E-state index is 0.841. The largest absolute Gasteiger partial charge is 0.369 e. The maximum absolute atomic E-state index is 4.59. The molecule has 1 aliphatic rings. The van der Waals surface area contributed by atoms with Crippen molar-refractivity contribution in [2.24, 2.45) is 0 Å². The van der Waals surface area contributed by atoms with Gasteiger partial charge >= 0.3 is 0 Å². The van der Waals surface area contributed by atoms with Crippen molar-refractivity contribution in [1.82, 2.24) is 15.3 Å². The SMILES string of the molecule is CNCCNc1cc(N2CCCCCC2)nc(C)n1. The molecule has 19 heavy (non-hydrogen) atoms. The molecular formula is C14H25N5. The zero-order chi connectivity index (χ0) is 13.5. The van der Waals surface area contributed by atoms with Crippen LogP contribution in [0.2, 0.25) is 0 Å². The molecule has 2 rings (SSSR count). The Morgan fingerprint density at radius 2 is 1.84 bits per heavy atom. The van der Waals surface area contributed by atoms with Crippen LogP contribution in [0.15, 0.2) is 6.07 Å². The first-order valence-corrected chi connectivity index (χ1v) is 7.28. The molecule has 106 valence electrons. The molecule has 5 nitrogen and oxygen atoms in total. The number of rotatable bonds is 5. The zero-order valence-electron chi connectivity index (χ0n) is 12.1. The van der Waals surface area contributed by atoms with Crippen LogP contribution in [0.5, 0.6) is 0 Å². The van der Waals surface area contributed by atoms with Crippen LogP contribution in [-0.4, -0.2) is 43.2 Å². The third-order valence-electron chi connectivity index (χ3n) is 3.44. The molecule has 5 heteroatoms. The highest BCUT2D eigenvalue weighted by atomic mass is 15.2. The van der Waals surface area contributed by atoms with Gasteiger partial charge in [-0.1, -0.05) is 12.8 Å². The molecule has 1 aromatic heterocycles. The average molecular weight is 263 g/mol. The van der Waals surface area contributed by atoms with E-state index >= 15 is 0 Å². The third kappa shape index (κ3) is 4.35. The highest BCUT2D eigenvalue weighted by molar-refractivity contribution is 5.49. The Hall–Kier alpha value is -1.36. The van der Waals surface area contributed by atoms with Crippen LogP contribution in [0, 0.1) is 6.92 Å². The average Bonchev–Trinajstić information content (AvgIpc) is 2.67. The lowest BCUT2D eigenvalue weighted by molar-refractivity contribution is 0.726. The van der Waals surface area contributed by atoms with Gasteiger partial charge in [-0.2, -0.15) is 0 Å². The number of aromatic nitrogens is 2. The molecule has 1 fully saturated rings. The molecule has 0 aromatic carbocycles. The number of likely N-dealkylation sites (N-methyl/N-ethyl adjacent to an activating group) is 1. The molecule has 0 aliphatic carbocycles. The summed E-state index contributed by atoms with van der Waals surface area (Å²) in [5.41, 5.74) is 0. The Balaban J connectivity index is 2.06. The molecule has 1 aromatic rings. The van der Waals surface area contributed by atoms with E-state index in [1.807, 2.05) is 14.0 Å². The molecule has 1 aliphatic heterocycles. The van der Waals surface area contributed by atoms with E-state index in [-0.39, 0.29) is 0 Å². The number of nitrogens with one attached hydrogen (secondary N) is 2. The Morgan fingerprint density at radius 1 is 1.11 bits per heavy atom. The lowest BCUT2D eigenvalue weighted by Gasteiger charge is -2.22. The van der Waals surface area contributed by atoms with Crippen LogP contribution in [0.1, 0.15) is 31.5 Å². The minimum atomic E-state index is 0.841. The number of hydrogen-bond acceptors (Lipinski definition) is 5. The highest BCUT2D eigenvalue weighted by Gasteiger charge is 2.12. The van der Waals surface area contributed by atoms with Crippen molar-refractivity contribution in [1.29, 1.82) is 0 Å². The van der Waals surface area contributed by atoms with Gasteiger partial charge in [0.05, 0.1) is 0 Å². The van der Waals surface area contributed by atoms with Crippen molar-refractivity contribution in [3.05, 3.63) is 11.9 Å². The Bertz CT molecular complexity index is 385. The van der Waals surface area contributed by atoms with Gasteiger partial charge in [-0.3, -0.25) is 0 Å². The lowest BCUT2D eigenvalue weighted by atomic mass is 10.2. The summed E-state index contributed by atoms with van der Waals surface area (Å²) in [6, 6.07) is 2.08. The maximum Gasteiger partial charge on any atom is 0.134 e. The van der Waals surface area contributed by atoms with E-state index in [0.717, 1.165) is 43.6 Å². The number of anilines is 2. The topological polar surface area (TPSA) is 53.1 Å². The molecule has 0 radical (unpaired) electrons. The molecule has 0 atom stereocenters. The monoisotopic (exact) mass is 263 g/mol. The molecule has 1 saturated heterocycles. The van der Waals surface area contributed by atoms with Crippen molar-refractivity contribution in [3.8, 4) is 0 Å². The Labute approximate surface area is 115 Å². The first-order chi connectivity index (χ1) is 9.29. The molecule has 2 N–H and O–H groups in total. The van der Waals surface area contributed by atoms with E-state index in [1.54, 1.807) is 0 Å². The maximum atomic E-state index is 4.59. The summed E-state index contributed by atoms with van der Waals surface area (Å²) in [4.78, 5) is 11.4. The summed E-state index contributed by atoms with van der Waals surface area (Å²) in [6.07, 6.45) is 5.22. The van der Waals surface area contributed by atoms with Gasteiger partial charge in [0.15, 0.2) is 0 Å². The van der Waals surface area contributed by atoms with Crippen LogP contribution in [0.25, 0.3) is 0 Å². The normalized spacial score (nSPS) is 16.2. The van der Waals surface area contributed by atoms with Crippen molar-refractivity contribution in [2.75, 3.05) is 43.4 Å². The summed E-state index contributed by atoms with van der Waals surface area (Å²) in [6.45, 7) is 6.01. The first kappa shape index (κ1) is 14.1.